The van der Waals surface area contributed by atoms with E-state index in [0.29, 0.717) is 6.61 Å². The summed E-state index contributed by atoms with van der Waals surface area (Å²) in [6, 6.07) is 0. The van der Waals surface area contributed by atoms with Crippen LogP contribution in [0.1, 0.15) is 51.4 Å². The van der Waals surface area contributed by atoms with Crippen LogP contribution in [0, 0.1) is 0 Å². The van der Waals surface area contributed by atoms with Gasteiger partial charge in [-0.3, -0.25) is 0 Å². The third kappa shape index (κ3) is 13.1. The second-order valence-electron chi connectivity index (χ2n) is 4.30. The molecule has 0 unspecified atom stereocenters. The molecule has 0 aromatic heterocycles. The standard InChI is InChI=1S/C14H27NO2/c1-3-14(16)17-13-11-9-7-5-4-6-8-10-12-15-2/h3,15H,1,4-13H2,2H3. The number of rotatable bonds is 12. The van der Waals surface area contributed by atoms with Crippen molar-refractivity contribution in [2.24, 2.45) is 0 Å². The fourth-order valence-electron chi connectivity index (χ4n) is 1.70. The quantitative estimate of drug-likeness (QED) is 0.324. The lowest BCUT2D eigenvalue weighted by molar-refractivity contribution is -0.137. The normalized spacial score (nSPS) is 10.2. The highest BCUT2D eigenvalue weighted by Crippen LogP contribution is 2.08. The highest BCUT2D eigenvalue weighted by Gasteiger charge is 1.95. The Balaban J connectivity index is 2.98. The monoisotopic (exact) mass is 241 g/mol. The van der Waals surface area contributed by atoms with Gasteiger partial charge in [-0.2, -0.15) is 0 Å². The summed E-state index contributed by atoms with van der Waals surface area (Å²) < 4.78 is 4.90. The van der Waals surface area contributed by atoms with Crippen molar-refractivity contribution in [1.29, 1.82) is 0 Å². The van der Waals surface area contributed by atoms with Gasteiger partial charge in [-0.05, 0) is 26.4 Å². The average molecular weight is 241 g/mol. The molecular formula is C14H27NO2. The second kappa shape index (κ2) is 13.2. The summed E-state index contributed by atoms with van der Waals surface area (Å²) in [6.45, 7) is 5.02. The second-order valence-corrected chi connectivity index (χ2v) is 4.30. The van der Waals surface area contributed by atoms with Crippen LogP contribution in [0.3, 0.4) is 0 Å². The smallest absolute Gasteiger partial charge is 0.330 e. The largest absolute Gasteiger partial charge is 0.463 e. The van der Waals surface area contributed by atoms with E-state index < -0.39 is 0 Å². The Morgan fingerprint density at radius 1 is 1.06 bits per heavy atom. The molecule has 0 fully saturated rings. The van der Waals surface area contributed by atoms with Crippen molar-refractivity contribution in [1.82, 2.24) is 5.32 Å². The first-order chi connectivity index (χ1) is 8.31. The summed E-state index contributed by atoms with van der Waals surface area (Å²) in [5.41, 5.74) is 0. The Bertz CT molecular complexity index is 193. The van der Waals surface area contributed by atoms with E-state index in [1.54, 1.807) is 0 Å². The number of unbranched alkanes of at least 4 members (excludes halogenated alkanes) is 7. The Hall–Kier alpha value is -0.830. The SMILES string of the molecule is C=CC(=O)OCCCCCCCCCCNC. The van der Waals surface area contributed by atoms with E-state index in [1.165, 1.54) is 44.6 Å². The Morgan fingerprint density at radius 3 is 2.12 bits per heavy atom. The van der Waals surface area contributed by atoms with E-state index >= 15 is 0 Å². The minimum Gasteiger partial charge on any atom is -0.463 e. The van der Waals surface area contributed by atoms with E-state index in [1.807, 2.05) is 7.05 Å². The van der Waals surface area contributed by atoms with Crippen LogP contribution in [0.4, 0.5) is 0 Å². The summed E-state index contributed by atoms with van der Waals surface area (Å²) in [4.78, 5) is 10.7. The molecule has 0 rings (SSSR count). The lowest BCUT2D eigenvalue weighted by Gasteiger charge is -2.03. The number of ether oxygens (including phenoxy) is 1. The maximum atomic E-state index is 10.7. The minimum absolute atomic E-state index is 0.311. The van der Waals surface area contributed by atoms with Crippen molar-refractivity contribution in [2.45, 2.75) is 51.4 Å². The number of carbonyl (C=O) groups excluding carboxylic acids is 1. The van der Waals surface area contributed by atoms with Gasteiger partial charge in [0.1, 0.15) is 0 Å². The number of carbonyl (C=O) groups is 1. The molecule has 0 atom stereocenters. The van der Waals surface area contributed by atoms with Crippen molar-refractivity contribution < 1.29 is 9.53 Å². The first-order valence-electron chi connectivity index (χ1n) is 6.75. The van der Waals surface area contributed by atoms with Gasteiger partial charge in [0.2, 0.25) is 0 Å². The molecule has 0 amide bonds. The van der Waals surface area contributed by atoms with E-state index in [-0.39, 0.29) is 5.97 Å². The van der Waals surface area contributed by atoms with Gasteiger partial charge in [-0.15, -0.1) is 0 Å². The lowest BCUT2D eigenvalue weighted by Crippen LogP contribution is -2.06. The summed E-state index contributed by atoms with van der Waals surface area (Å²) >= 11 is 0. The number of esters is 1. The fourth-order valence-corrected chi connectivity index (χ4v) is 1.70. The van der Waals surface area contributed by atoms with E-state index in [2.05, 4.69) is 11.9 Å². The molecule has 0 radical (unpaired) electrons. The van der Waals surface area contributed by atoms with Crippen LogP contribution in [0.15, 0.2) is 12.7 Å². The third-order valence-electron chi connectivity index (χ3n) is 2.73. The van der Waals surface area contributed by atoms with Crippen molar-refractivity contribution in [3.8, 4) is 0 Å². The molecule has 0 heterocycles. The molecule has 0 aromatic carbocycles. The average Bonchev–Trinajstić information content (AvgIpc) is 2.35. The van der Waals surface area contributed by atoms with Crippen molar-refractivity contribution in [3.63, 3.8) is 0 Å². The minimum atomic E-state index is -0.311. The first kappa shape index (κ1) is 16.2. The summed E-state index contributed by atoms with van der Waals surface area (Å²) in [5.74, 6) is -0.311. The topological polar surface area (TPSA) is 38.3 Å². The molecule has 0 spiro atoms. The van der Waals surface area contributed by atoms with Crippen LogP contribution in [0.25, 0.3) is 0 Å². The lowest BCUT2D eigenvalue weighted by atomic mass is 10.1. The molecule has 0 bridgehead atoms. The molecule has 3 heteroatoms. The number of hydrogen-bond acceptors (Lipinski definition) is 3. The summed E-state index contributed by atoms with van der Waals surface area (Å²) in [6.07, 6.45) is 11.2. The number of hydrogen-bond donors (Lipinski definition) is 1. The van der Waals surface area contributed by atoms with Crippen LogP contribution in [0.2, 0.25) is 0 Å². The van der Waals surface area contributed by atoms with Crippen LogP contribution in [0.5, 0.6) is 0 Å². The molecule has 0 aliphatic carbocycles. The van der Waals surface area contributed by atoms with Crippen molar-refractivity contribution in [3.05, 3.63) is 12.7 Å². The van der Waals surface area contributed by atoms with Crippen LogP contribution < -0.4 is 5.32 Å². The zero-order chi connectivity index (χ0) is 12.8. The molecule has 3 nitrogen and oxygen atoms in total. The van der Waals surface area contributed by atoms with Gasteiger partial charge in [-0.1, -0.05) is 45.1 Å². The van der Waals surface area contributed by atoms with Gasteiger partial charge in [0.15, 0.2) is 0 Å². The molecular weight excluding hydrogens is 214 g/mol. The zero-order valence-electron chi connectivity index (χ0n) is 11.2. The Labute approximate surface area is 106 Å². The zero-order valence-corrected chi connectivity index (χ0v) is 11.2. The molecule has 17 heavy (non-hydrogen) atoms. The van der Waals surface area contributed by atoms with Crippen molar-refractivity contribution in [2.75, 3.05) is 20.2 Å². The van der Waals surface area contributed by atoms with Gasteiger partial charge < -0.3 is 10.1 Å². The van der Waals surface area contributed by atoms with Gasteiger partial charge in [-0.25, -0.2) is 4.79 Å². The maximum absolute atomic E-state index is 10.7. The molecule has 0 aromatic rings. The Morgan fingerprint density at radius 2 is 1.59 bits per heavy atom. The molecule has 100 valence electrons. The maximum Gasteiger partial charge on any atom is 0.330 e. The molecule has 0 aliphatic heterocycles. The van der Waals surface area contributed by atoms with Gasteiger partial charge in [0.25, 0.3) is 0 Å². The van der Waals surface area contributed by atoms with Crippen LogP contribution >= 0.6 is 0 Å². The molecule has 1 N–H and O–H groups in total. The van der Waals surface area contributed by atoms with Gasteiger partial charge in [0.05, 0.1) is 6.61 Å². The van der Waals surface area contributed by atoms with Crippen LogP contribution in [-0.4, -0.2) is 26.2 Å². The fraction of sp³-hybridized carbons (Fsp3) is 0.786. The summed E-state index contributed by atoms with van der Waals surface area (Å²) in [5, 5.41) is 3.16. The van der Waals surface area contributed by atoms with Gasteiger partial charge in [0, 0.05) is 6.08 Å². The molecule has 0 saturated carbocycles. The summed E-state index contributed by atoms with van der Waals surface area (Å²) in [7, 11) is 2.00. The van der Waals surface area contributed by atoms with Crippen LogP contribution in [-0.2, 0) is 9.53 Å². The van der Waals surface area contributed by atoms with E-state index in [0.717, 1.165) is 19.4 Å². The number of nitrogens with one attached hydrogen (secondary N) is 1. The third-order valence-corrected chi connectivity index (χ3v) is 2.73. The molecule has 0 saturated heterocycles. The van der Waals surface area contributed by atoms with Crippen molar-refractivity contribution >= 4 is 5.97 Å². The first-order valence-corrected chi connectivity index (χ1v) is 6.75. The predicted molar refractivity (Wildman–Crippen MR) is 72.0 cm³/mol. The highest BCUT2D eigenvalue weighted by molar-refractivity contribution is 5.81. The Kier molecular flexibility index (Phi) is 12.6. The highest BCUT2D eigenvalue weighted by atomic mass is 16.5. The van der Waals surface area contributed by atoms with E-state index in [4.69, 9.17) is 4.74 Å². The van der Waals surface area contributed by atoms with Gasteiger partial charge >= 0.3 is 5.97 Å². The van der Waals surface area contributed by atoms with E-state index in [9.17, 15) is 4.79 Å². The molecule has 0 aliphatic rings. The predicted octanol–water partition coefficient (Wildman–Crippen LogP) is 3.06.